The minimum absolute atomic E-state index is 0.232. The normalized spacial score (nSPS) is 11.2. The molecule has 2 aromatic rings. The molecule has 0 spiro atoms. The number of hydrogen-bond donors (Lipinski definition) is 3. The lowest BCUT2D eigenvalue weighted by atomic mass is 10.1. The number of nitrogens with one attached hydrogen (secondary N) is 3. The Bertz CT molecular complexity index is 772. The molecule has 0 fully saturated rings. The third-order valence-electron chi connectivity index (χ3n) is 4.35. The number of guanidine groups is 1. The molecule has 0 atom stereocenters. The monoisotopic (exact) mass is 400 g/mol. The average molecular weight is 401 g/mol. The van der Waals surface area contributed by atoms with E-state index in [2.05, 4.69) is 53.0 Å². The maximum atomic E-state index is 11.8. The van der Waals surface area contributed by atoms with Crippen molar-refractivity contribution in [2.75, 3.05) is 26.7 Å². The first-order chi connectivity index (χ1) is 14.1. The van der Waals surface area contributed by atoms with Gasteiger partial charge in [0, 0.05) is 32.2 Å². The first-order valence-corrected chi connectivity index (χ1v) is 10.1. The van der Waals surface area contributed by atoms with E-state index in [4.69, 9.17) is 9.15 Å². The Morgan fingerprint density at radius 2 is 1.97 bits per heavy atom. The number of unbranched alkanes of at least 4 members (excludes halogenated alkanes) is 2. The Hall–Kier alpha value is -2.96. The molecule has 0 aliphatic rings. The molecule has 1 aromatic carbocycles. The predicted molar refractivity (Wildman–Crippen MR) is 115 cm³/mol. The molecular formula is C22H32N4O3. The quantitative estimate of drug-likeness (QED) is 0.306. The summed E-state index contributed by atoms with van der Waals surface area (Å²) in [5, 5.41) is 9.26. The van der Waals surface area contributed by atoms with E-state index >= 15 is 0 Å². The molecule has 0 radical (unpaired) electrons. The number of ether oxygens (including phenoxy) is 1. The van der Waals surface area contributed by atoms with Gasteiger partial charge in [-0.15, -0.1) is 0 Å². The summed E-state index contributed by atoms with van der Waals surface area (Å²) in [6, 6.07) is 9.55. The highest BCUT2D eigenvalue weighted by molar-refractivity contribution is 5.91. The van der Waals surface area contributed by atoms with E-state index in [1.807, 2.05) is 0 Å². The van der Waals surface area contributed by atoms with Crippen LogP contribution in [0.25, 0.3) is 0 Å². The molecular weight excluding hydrogens is 368 g/mol. The average Bonchev–Trinajstić information content (AvgIpc) is 3.26. The maximum Gasteiger partial charge on any atom is 0.287 e. The number of furan rings is 1. The van der Waals surface area contributed by atoms with Crippen LogP contribution in [-0.4, -0.2) is 38.6 Å². The van der Waals surface area contributed by atoms with E-state index in [1.165, 1.54) is 24.7 Å². The van der Waals surface area contributed by atoms with Crippen molar-refractivity contribution in [2.24, 2.45) is 4.99 Å². The number of carbonyl (C=O) groups is 1. The Morgan fingerprint density at radius 1 is 1.14 bits per heavy atom. The van der Waals surface area contributed by atoms with E-state index < -0.39 is 0 Å². The summed E-state index contributed by atoms with van der Waals surface area (Å²) >= 11 is 0. The van der Waals surface area contributed by atoms with Crippen LogP contribution in [0.1, 0.15) is 47.9 Å². The number of hydrogen-bond acceptors (Lipinski definition) is 4. The second-order valence-corrected chi connectivity index (χ2v) is 6.75. The Kier molecular flexibility index (Phi) is 9.62. The lowest BCUT2D eigenvalue weighted by Crippen LogP contribution is -2.41. The van der Waals surface area contributed by atoms with Crippen LogP contribution in [0.4, 0.5) is 0 Å². The number of rotatable bonds is 11. The van der Waals surface area contributed by atoms with Crippen molar-refractivity contribution in [1.82, 2.24) is 16.0 Å². The number of benzene rings is 1. The molecule has 0 bridgehead atoms. The van der Waals surface area contributed by atoms with E-state index in [1.54, 1.807) is 19.2 Å². The number of nitrogens with zero attached hydrogens (tertiary/aromatic N) is 1. The Balaban J connectivity index is 1.77. The van der Waals surface area contributed by atoms with Crippen molar-refractivity contribution >= 4 is 11.9 Å². The summed E-state index contributed by atoms with van der Waals surface area (Å²) in [6.07, 6.45) is 4.89. The predicted octanol–water partition coefficient (Wildman–Crippen LogP) is 3.25. The zero-order valence-corrected chi connectivity index (χ0v) is 17.6. The molecule has 3 N–H and O–H groups in total. The fraction of sp³-hybridized carbons (Fsp3) is 0.455. The van der Waals surface area contributed by atoms with Gasteiger partial charge in [0.1, 0.15) is 5.75 Å². The summed E-state index contributed by atoms with van der Waals surface area (Å²) in [5.74, 6) is 1.65. The minimum Gasteiger partial charge on any atom is -0.493 e. The highest BCUT2D eigenvalue weighted by atomic mass is 16.5. The van der Waals surface area contributed by atoms with Crippen LogP contribution in [0.5, 0.6) is 5.75 Å². The van der Waals surface area contributed by atoms with Gasteiger partial charge in [0.15, 0.2) is 11.7 Å². The molecule has 7 heteroatoms. The second kappa shape index (κ2) is 12.5. The summed E-state index contributed by atoms with van der Waals surface area (Å²) in [5.41, 5.74) is 2.26. The maximum absolute atomic E-state index is 11.8. The molecule has 0 saturated carbocycles. The molecule has 1 amide bonds. The molecule has 0 aliphatic carbocycles. The number of aliphatic imine (C=N–C) groups is 1. The first-order valence-electron chi connectivity index (χ1n) is 10.1. The van der Waals surface area contributed by atoms with Gasteiger partial charge in [0.25, 0.3) is 5.91 Å². The van der Waals surface area contributed by atoms with Gasteiger partial charge in [-0.05, 0) is 37.1 Å². The van der Waals surface area contributed by atoms with Gasteiger partial charge in [-0.25, -0.2) is 0 Å². The summed E-state index contributed by atoms with van der Waals surface area (Å²) in [4.78, 5) is 16.1. The molecule has 0 unspecified atom stereocenters. The molecule has 29 heavy (non-hydrogen) atoms. The minimum atomic E-state index is -0.232. The summed E-state index contributed by atoms with van der Waals surface area (Å²) in [6.45, 7) is 6.57. The lowest BCUT2D eigenvalue weighted by molar-refractivity contribution is 0.0926. The van der Waals surface area contributed by atoms with E-state index in [0.717, 1.165) is 24.3 Å². The largest absolute Gasteiger partial charge is 0.493 e. The molecule has 1 aromatic heterocycles. The number of amides is 1. The lowest BCUT2D eigenvalue weighted by Gasteiger charge is -2.15. The van der Waals surface area contributed by atoms with Crippen LogP contribution in [-0.2, 0) is 6.54 Å². The van der Waals surface area contributed by atoms with Crippen LogP contribution < -0.4 is 20.7 Å². The van der Waals surface area contributed by atoms with Crippen molar-refractivity contribution in [3.05, 3.63) is 53.5 Å². The van der Waals surface area contributed by atoms with Gasteiger partial charge in [-0.3, -0.25) is 9.79 Å². The van der Waals surface area contributed by atoms with E-state index in [-0.39, 0.29) is 5.91 Å². The molecule has 7 nitrogen and oxygen atoms in total. The van der Waals surface area contributed by atoms with Gasteiger partial charge < -0.3 is 25.1 Å². The van der Waals surface area contributed by atoms with Crippen molar-refractivity contribution < 1.29 is 13.9 Å². The standard InChI is InChI=1S/C22H32N4O3/c1-4-5-6-13-29-20-15-17(2)9-10-18(20)16-26-22(23-3)25-12-11-24-21(27)19-8-7-14-28-19/h7-10,14-15H,4-6,11-13,16H2,1-3H3,(H,24,27)(H2,23,25,26). The molecule has 2 rings (SSSR count). The van der Waals surface area contributed by atoms with Gasteiger partial charge >= 0.3 is 0 Å². The Morgan fingerprint density at radius 3 is 2.69 bits per heavy atom. The van der Waals surface area contributed by atoms with Crippen LogP contribution in [0.3, 0.4) is 0 Å². The molecule has 1 heterocycles. The zero-order valence-electron chi connectivity index (χ0n) is 17.6. The summed E-state index contributed by atoms with van der Waals surface area (Å²) in [7, 11) is 1.72. The summed E-state index contributed by atoms with van der Waals surface area (Å²) < 4.78 is 11.1. The van der Waals surface area contributed by atoms with Crippen molar-refractivity contribution in [1.29, 1.82) is 0 Å². The van der Waals surface area contributed by atoms with Gasteiger partial charge in [0.05, 0.1) is 12.9 Å². The SMILES string of the molecule is CCCCCOc1cc(C)ccc1CNC(=NC)NCCNC(=O)c1ccco1. The fourth-order valence-electron chi connectivity index (χ4n) is 2.73. The second-order valence-electron chi connectivity index (χ2n) is 6.75. The first kappa shape index (κ1) is 22.3. The van der Waals surface area contributed by atoms with Crippen LogP contribution in [0.15, 0.2) is 46.0 Å². The molecule has 0 saturated heterocycles. The van der Waals surface area contributed by atoms with Gasteiger partial charge in [-0.2, -0.15) is 0 Å². The van der Waals surface area contributed by atoms with E-state index in [9.17, 15) is 4.79 Å². The van der Waals surface area contributed by atoms with Crippen molar-refractivity contribution in [3.8, 4) is 5.75 Å². The Labute approximate surface area is 172 Å². The fourth-order valence-corrected chi connectivity index (χ4v) is 2.73. The van der Waals surface area contributed by atoms with Gasteiger partial charge in [0.2, 0.25) is 0 Å². The molecule has 0 aliphatic heterocycles. The third kappa shape index (κ3) is 7.89. The van der Waals surface area contributed by atoms with Crippen LogP contribution in [0, 0.1) is 6.92 Å². The van der Waals surface area contributed by atoms with Gasteiger partial charge in [-0.1, -0.05) is 31.9 Å². The molecule has 158 valence electrons. The van der Waals surface area contributed by atoms with E-state index in [0.29, 0.717) is 31.4 Å². The number of carbonyl (C=O) groups excluding carboxylic acids is 1. The van der Waals surface area contributed by atoms with Crippen molar-refractivity contribution in [3.63, 3.8) is 0 Å². The highest BCUT2D eigenvalue weighted by Gasteiger charge is 2.08. The van der Waals surface area contributed by atoms with Crippen molar-refractivity contribution in [2.45, 2.75) is 39.7 Å². The third-order valence-corrected chi connectivity index (χ3v) is 4.35. The smallest absolute Gasteiger partial charge is 0.287 e. The van der Waals surface area contributed by atoms with Crippen LogP contribution in [0.2, 0.25) is 0 Å². The zero-order chi connectivity index (χ0) is 20.9. The topological polar surface area (TPSA) is 87.9 Å². The number of aryl methyl sites for hydroxylation is 1. The highest BCUT2D eigenvalue weighted by Crippen LogP contribution is 2.20. The van der Waals surface area contributed by atoms with Crippen LogP contribution >= 0.6 is 0 Å².